The van der Waals surface area contributed by atoms with Crippen molar-refractivity contribution in [3.05, 3.63) is 48.0 Å². The van der Waals surface area contributed by atoms with E-state index in [9.17, 15) is 4.79 Å². The van der Waals surface area contributed by atoms with Crippen LogP contribution in [-0.2, 0) is 4.79 Å². The van der Waals surface area contributed by atoms with Crippen molar-refractivity contribution in [3.8, 4) is 11.5 Å². The minimum Gasteiger partial charge on any atom is -0.493 e. The van der Waals surface area contributed by atoms with E-state index in [1.807, 2.05) is 6.92 Å². The molecule has 1 atom stereocenters. The second-order valence-corrected chi connectivity index (χ2v) is 6.07. The quantitative estimate of drug-likeness (QED) is 0.641. The predicted molar refractivity (Wildman–Crippen MR) is 108 cm³/mol. The first kappa shape index (κ1) is 23.8. The molecule has 1 unspecified atom stereocenters. The van der Waals surface area contributed by atoms with Crippen LogP contribution in [0, 0.1) is 0 Å². The molecule has 1 aromatic heterocycles. The van der Waals surface area contributed by atoms with Gasteiger partial charge in [-0.1, -0.05) is 6.07 Å². The number of carbonyl (C=O) groups excluding carboxylic acids is 1. The van der Waals surface area contributed by atoms with Crippen LogP contribution in [0.25, 0.3) is 0 Å². The maximum absolute atomic E-state index is 13.0. The number of carbonyl (C=O) groups is 2. The highest BCUT2D eigenvalue weighted by molar-refractivity contribution is 5.97. The summed E-state index contributed by atoms with van der Waals surface area (Å²) in [6.45, 7) is 3.93. The van der Waals surface area contributed by atoms with Crippen molar-refractivity contribution in [2.45, 2.75) is 26.3 Å². The SMILES string of the molecule is CC(=O)O.COc1cccc(C(=O)N(C)C(C)c2ccncn2)c1OCCCN. The first-order valence-electron chi connectivity index (χ1n) is 9.05. The summed E-state index contributed by atoms with van der Waals surface area (Å²) in [6, 6.07) is 6.84. The molecule has 0 saturated carbocycles. The highest BCUT2D eigenvalue weighted by Crippen LogP contribution is 2.33. The fourth-order valence-corrected chi connectivity index (χ4v) is 2.36. The summed E-state index contributed by atoms with van der Waals surface area (Å²) < 4.78 is 11.1. The summed E-state index contributed by atoms with van der Waals surface area (Å²) in [6.07, 6.45) is 3.82. The molecule has 0 aliphatic rings. The number of benzene rings is 1. The topological polar surface area (TPSA) is 128 Å². The zero-order valence-electron chi connectivity index (χ0n) is 17.2. The Morgan fingerprint density at radius 1 is 1.31 bits per heavy atom. The molecule has 2 aromatic rings. The lowest BCUT2D eigenvalue weighted by Gasteiger charge is -2.25. The monoisotopic (exact) mass is 404 g/mol. The lowest BCUT2D eigenvalue weighted by molar-refractivity contribution is -0.134. The number of rotatable bonds is 8. The van der Waals surface area contributed by atoms with Crippen molar-refractivity contribution < 1.29 is 24.2 Å². The Morgan fingerprint density at radius 2 is 2.00 bits per heavy atom. The molecule has 0 bridgehead atoms. The summed E-state index contributed by atoms with van der Waals surface area (Å²) >= 11 is 0. The summed E-state index contributed by atoms with van der Waals surface area (Å²) in [5.74, 6) is -0.0519. The zero-order valence-corrected chi connectivity index (χ0v) is 17.2. The number of carboxylic acids is 1. The molecule has 0 saturated heterocycles. The third kappa shape index (κ3) is 7.38. The number of nitrogens with zero attached hydrogens (tertiary/aromatic N) is 3. The molecule has 29 heavy (non-hydrogen) atoms. The lowest BCUT2D eigenvalue weighted by Crippen LogP contribution is -2.30. The average Bonchev–Trinajstić information content (AvgIpc) is 2.72. The smallest absolute Gasteiger partial charge is 0.300 e. The van der Waals surface area contributed by atoms with E-state index in [0.717, 1.165) is 12.6 Å². The summed E-state index contributed by atoms with van der Waals surface area (Å²) in [7, 11) is 3.28. The summed E-state index contributed by atoms with van der Waals surface area (Å²) in [5, 5.41) is 7.42. The number of carboxylic acid groups (broad SMARTS) is 1. The minimum absolute atomic E-state index is 0.173. The van der Waals surface area contributed by atoms with E-state index in [1.54, 1.807) is 49.5 Å². The fraction of sp³-hybridized carbons (Fsp3) is 0.400. The molecular weight excluding hydrogens is 376 g/mol. The van der Waals surface area contributed by atoms with E-state index in [-0.39, 0.29) is 11.9 Å². The molecule has 0 aliphatic carbocycles. The molecular formula is C20H28N4O5. The van der Waals surface area contributed by atoms with Gasteiger partial charge in [-0.25, -0.2) is 9.97 Å². The maximum atomic E-state index is 13.0. The van der Waals surface area contributed by atoms with E-state index in [4.69, 9.17) is 25.1 Å². The first-order chi connectivity index (χ1) is 13.8. The third-order valence-corrected chi connectivity index (χ3v) is 3.96. The van der Waals surface area contributed by atoms with Gasteiger partial charge in [0.15, 0.2) is 11.5 Å². The highest BCUT2D eigenvalue weighted by atomic mass is 16.5. The Kier molecular flexibility index (Phi) is 10.1. The zero-order chi connectivity index (χ0) is 21.8. The Morgan fingerprint density at radius 3 is 2.55 bits per heavy atom. The summed E-state index contributed by atoms with van der Waals surface area (Å²) in [4.78, 5) is 31.7. The molecule has 0 aliphatic heterocycles. The number of aromatic nitrogens is 2. The van der Waals surface area contributed by atoms with Crippen LogP contribution in [0.2, 0.25) is 0 Å². The number of para-hydroxylation sites is 1. The van der Waals surface area contributed by atoms with Crippen LogP contribution in [-0.4, -0.2) is 59.2 Å². The summed E-state index contributed by atoms with van der Waals surface area (Å²) in [5.41, 5.74) is 6.72. The number of hydrogen-bond acceptors (Lipinski definition) is 7. The van der Waals surface area contributed by atoms with Crippen LogP contribution in [0.1, 0.15) is 42.4 Å². The Balaban J connectivity index is 0.000000960. The molecule has 0 spiro atoms. The molecule has 1 heterocycles. The van der Waals surface area contributed by atoms with Crippen LogP contribution in [0.3, 0.4) is 0 Å². The largest absolute Gasteiger partial charge is 0.493 e. The average molecular weight is 404 g/mol. The van der Waals surface area contributed by atoms with Gasteiger partial charge >= 0.3 is 0 Å². The second kappa shape index (κ2) is 12.3. The normalized spacial score (nSPS) is 10.9. The van der Waals surface area contributed by atoms with Crippen molar-refractivity contribution in [1.82, 2.24) is 14.9 Å². The van der Waals surface area contributed by atoms with Crippen molar-refractivity contribution in [1.29, 1.82) is 0 Å². The fourth-order valence-electron chi connectivity index (χ4n) is 2.36. The Labute approximate surface area is 170 Å². The lowest BCUT2D eigenvalue weighted by atomic mass is 10.1. The minimum atomic E-state index is -0.833. The Hall–Kier alpha value is -3.20. The van der Waals surface area contributed by atoms with Gasteiger partial charge in [-0.05, 0) is 38.1 Å². The van der Waals surface area contributed by atoms with Gasteiger partial charge < -0.3 is 25.2 Å². The van der Waals surface area contributed by atoms with Crippen molar-refractivity contribution in [3.63, 3.8) is 0 Å². The number of methoxy groups -OCH3 is 1. The molecule has 9 nitrogen and oxygen atoms in total. The highest BCUT2D eigenvalue weighted by Gasteiger charge is 2.24. The van der Waals surface area contributed by atoms with Crippen LogP contribution in [0.4, 0.5) is 0 Å². The third-order valence-electron chi connectivity index (χ3n) is 3.96. The number of ether oxygens (including phenoxy) is 2. The number of aliphatic carboxylic acids is 1. The molecule has 2 rings (SSSR count). The van der Waals surface area contributed by atoms with Gasteiger partial charge in [0.1, 0.15) is 6.33 Å². The van der Waals surface area contributed by atoms with Gasteiger partial charge in [0.25, 0.3) is 11.9 Å². The van der Waals surface area contributed by atoms with Gasteiger partial charge in [-0.3, -0.25) is 9.59 Å². The van der Waals surface area contributed by atoms with Gasteiger partial charge in [0, 0.05) is 20.2 Å². The van der Waals surface area contributed by atoms with Crippen LogP contribution in [0.15, 0.2) is 36.8 Å². The molecule has 0 radical (unpaired) electrons. The van der Waals surface area contributed by atoms with E-state index in [0.29, 0.717) is 36.6 Å². The molecule has 9 heteroatoms. The first-order valence-corrected chi connectivity index (χ1v) is 9.05. The number of amides is 1. The molecule has 1 aromatic carbocycles. The predicted octanol–water partition coefficient (Wildman–Crippen LogP) is 2.14. The molecule has 1 amide bonds. The maximum Gasteiger partial charge on any atom is 0.300 e. The van der Waals surface area contributed by atoms with Crippen molar-refractivity contribution in [2.75, 3.05) is 27.3 Å². The standard InChI is InChI=1S/C18H24N4O3.C2H4O2/c1-13(15-8-10-20-12-21-15)22(2)18(23)14-6-4-7-16(24-3)17(14)25-11-5-9-19;1-2(3)4/h4,6-8,10,12-13H,5,9,11,19H2,1-3H3;1H3,(H,3,4). The van der Waals surface area contributed by atoms with Crippen LogP contribution in [0.5, 0.6) is 11.5 Å². The van der Waals surface area contributed by atoms with E-state index < -0.39 is 5.97 Å². The Bertz CT molecular complexity index is 782. The van der Waals surface area contributed by atoms with E-state index >= 15 is 0 Å². The molecule has 158 valence electrons. The van der Waals surface area contributed by atoms with Gasteiger partial charge in [-0.2, -0.15) is 0 Å². The van der Waals surface area contributed by atoms with Gasteiger partial charge in [-0.15, -0.1) is 0 Å². The number of hydrogen-bond donors (Lipinski definition) is 2. The van der Waals surface area contributed by atoms with Gasteiger partial charge in [0.05, 0.1) is 31.0 Å². The molecule has 0 fully saturated rings. The second-order valence-electron chi connectivity index (χ2n) is 6.07. The van der Waals surface area contributed by atoms with E-state index in [1.165, 1.54) is 6.33 Å². The van der Waals surface area contributed by atoms with Gasteiger partial charge in [0.2, 0.25) is 0 Å². The molecule has 3 N–H and O–H groups in total. The number of nitrogens with two attached hydrogens (primary N) is 1. The van der Waals surface area contributed by atoms with Crippen LogP contribution < -0.4 is 15.2 Å². The van der Waals surface area contributed by atoms with Crippen LogP contribution >= 0.6 is 0 Å². The van der Waals surface area contributed by atoms with E-state index in [2.05, 4.69) is 9.97 Å². The van der Waals surface area contributed by atoms with Crippen molar-refractivity contribution >= 4 is 11.9 Å². The van der Waals surface area contributed by atoms with Crippen molar-refractivity contribution in [2.24, 2.45) is 5.73 Å².